The van der Waals surface area contributed by atoms with Gasteiger partial charge >= 0.3 is 0 Å². The molecule has 30 heavy (non-hydrogen) atoms. The first-order valence-electron chi connectivity index (χ1n) is 9.80. The second kappa shape index (κ2) is 17.1. The zero-order valence-electron chi connectivity index (χ0n) is 17.6. The maximum atomic E-state index is 4.72. The minimum absolute atomic E-state index is 0. The molecule has 1 aromatic rings. The molecule has 0 bridgehead atoms. The van der Waals surface area contributed by atoms with Gasteiger partial charge in [0.1, 0.15) is 0 Å². The van der Waals surface area contributed by atoms with Crippen LogP contribution < -0.4 is 48.3 Å². The van der Waals surface area contributed by atoms with Crippen LogP contribution in [0.2, 0.25) is 0 Å². The number of aromatic nitrogens is 1. The Labute approximate surface area is 211 Å². The normalized spacial score (nSPS) is 18.1. The molecule has 0 spiro atoms. The molecule has 2 aliphatic rings. The summed E-state index contributed by atoms with van der Waals surface area (Å²) < 4.78 is 0. The molecule has 0 amide bonds. The van der Waals surface area contributed by atoms with Crippen LogP contribution in [0.3, 0.4) is 0 Å². The smallest absolute Gasteiger partial charge is 0.0868 e. The zero-order valence-corrected chi connectivity index (χ0v) is 21.3. The number of nitrogens with one attached hydrogen (secondary N) is 2. The summed E-state index contributed by atoms with van der Waals surface area (Å²) >= 11 is 0. The Bertz CT molecular complexity index is 598. The van der Waals surface area contributed by atoms with Gasteiger partial charge in [0.05, 0.1) is 22.8 Å². The van der Waals surface area contributed by atoms with Crippen molar-refractivity contribution in [1.29, 1.82) is 0 Å². The van der Waals surface area contributed by atoms with E-state index in [2.05, 4.69) is 31.3 Å². The first-order valence-corrected chi connectivity index (χ1v) is 9.80. The fourth-order valence-electron chi connectivity index (χ4n) is 3.23. The number of piperidine rings is 2. The van der Waals surface area contributed by atoms with Crippen molar-refractivity contribution in [2.75, 3.05) is 26.2 Å². The molecule has 2 saturated heterocycles. The predicted octanol–water partition coefficient (Wildman–Crippen LogP) is -6.48. The van der Waals surface area contributed by atoms with Crippen molar-refractivity contribution in [2.24, 2.45) is 10.2 Å². The standard InChI is InChI=1S/C19H31N7.3ClH.V/c1-16(21-23-25-12-5-3-6-13-25)18-10-9-11-19(20-18)17(2)22-24-26-14-7-4-8-15-26;;;;/h9-11,23-24H,3-8,12-15H2,1-2H3;3*1H;/p-3. The van der Waals surface area contributed by atoms with Gasteiger partial charge in [-0.15, -0.1) is 0 Å². The number of pyridine rings is 1. The summed E-state index contributed by atoms with van der Waals surface area (Å²) in [6.07, 6.45) is 7.55. The second-order valence-corrected chi connectivity index (χ2v) is 7.10. The monoisotopic (exact) mass is 513 g/mol. The van der Waals surface area contributed by atoms with E-state index >= 15 is 0 Å². The molecule has 0 aromatic carbocycles. The summed E-state index contributed by atoms with van der Waals surface area (Å²) in [5.74, 6) is 0. The Morgan fingerprint density at radius 2 is 1.10 bits per heavy atom. The van der Waals surface area contributed by atoms with E-state index < -0.39 is 0 Å². The SMILES string of the molecule is CC(=NNN1CCCCC1)c1cccc(C(C)=NNN2CCCCC2)n1.[Cl-].[Cl-].[Cl-].[V]. The summed E-state index contributed by atoms with van der Waals surface area (Å²) in [6.45, 7) is 8.19. The summed E-state index contributed by atoms with van der Waals surface area (Å²) in [6, 6.07) is 5.99. The van der Waals surface area contributed by atoms with E-state index in [0.29, 0.717) is 0 Å². The van der Waals surface area contributed by atoms with Gasteiger partial charge < -0.3 is 37.2 Å². The van der Waals surface area contributed by atoms with Gasteiger partial charge in [0, 0.05) is 44.7 Å². The average Bonchev–Trinajstić information content (AvgIpc) is 2.72. The van der Waals surface area contributed by atoms with Crippen molar-refractivity contribution >= 4 is 11.4 Å². The van der Waals surface area contributed by atoms with Crippen molar-refractivity contribution in [3.63, 3.8) is 0 Å². The Morgan fingerprint density at radius 3 is 1.47 bits per heavy atom. The first kappa shape index (κ1) is 31.6. The minimum Gasteiger partial charge on any atom is -1.00 e. The van der Waals surface area contributed by atoms with Crippen molar-refractivity contribution < 1.29 is 55.8 Å². The molecule has 0 unspecified atom stereocenters. The summed E-state index contributed by atoms with van der Waals surface area (Å²) in [5.41, 5.74) is 9.85. The number of hydrogen-bond donors (Lipinski definition) is 2. The van der Waals surface area contributed by atoms with Crippen molar-refractivity contribution in [3.05, 3.63) is 29.6 Å². The van der Waals surface area contributed by atoms with Crippen molar-refractivity contribution in [2.45, 2.75) is 52.4 Å². The molecule has 0 aliphatic carbocycles. The van der Waals surface area contributed by atoms with Crippen LogP contribution in [0.5, 0.6) is 0 Å². The minimum atomic E-state index is 0. The quantitative estimate of drug-likeness (QED) is 0.292. The third-order valence-electron chi connectivity index (χ3n) is 4.92. The van der Waals surface area contributed by atoms with Crippen LogP contribution in [-0.2, 0) is 18.6 Å². The van der Waals surface area contributed by atoms with E-state index in [4.69, 9.17) is 4.98 Å². The Morgan fingerprint density at radius 1 is 0.733 bits per heavy atom. The van der Waals surface area contributed by atoms with Crippen LogP contribution in [0.15, 0.2) is 28.4 Å². The molecule has 3 rings (SSSR count). The van der Waals surface area contributed by atoms with E-state index in [0.717, 1.165) is 49.0 Å². The van der Waals surface area contributed by atoms with Crippen LogP contribution in [0.25, 0.3) is 0 Å². The van der Waals surface area contributed by atoms with E-state index in [9.17, 15) is 0 Å². The molecule has 1 radical (unpaired) electrons. The van der Waals surface area contributed by atoms with E-state index in [1.165, 1.54) is 38.5 Å². The van der Waals surface area contributed by atoms with Crippen LogP contribution >= 0.6 is 0 Å². The van der Waals surface area contributed by atoms with Gasteiger partial charge in [0.2, 0.25) is 0 Å². The molecular formula is C19H31Cl3N7V-3. The Hall–Kier alpha value is -0.536. The summed E-state index contributed by atoms with van der Waals surface area (Å²) in [7, 11) is 0. The number of hydrazone groups is 2. The van der Waals surface area contributed by atoms with Gasteiger partial charge in [0.25, 0.3) is 0 Å². The average molecular weight is 515 g/mol. The fourth-order valence-corrected chi connectivity index (χ4v) is 3.23. The van der Waals surface area contributed by atoms with Crippen LogP contribution in [0.4, 0.5) is 0 Å². The molecule has 1 aromatic heterocycles. The van der Waals surface area contributed by atoms with Gasteiger partial charge in [-0.1, -0.05) is 18.9 Å². The topological polar surface area (TPSA) is 68.2 Å². The van der Waals surface area contributed by atoms with Gasteiger partial charge in [-0.25, -0.2) is 26.1 Å². The number of hydrazine groups is 2. The molecule has 2 N–H and O–H groups in total. The maximum absolute atomic E-state index is 4.72. The van der Waals surface area contributed by atoms with E-state index in [1.807, 2.05) is 32.0 Å². The third kappa shape index (κ3) is 10.2. The van der Waals surface area contributed by atoms with Crippen molar-refractivity contribution in [3.8, 4) is 0 Å². The number of nitrogens with zero attached hydrogens (tertiary/aromatic N) is 5. The third-order valence-corrected chi connectivity index (χ3v) is 4.92. The predicted molar refractivity (Wildman–Crippen MR) is 106 cm³/mol. The van der Waals surface area contributed by atoms with Gasteiger partial charge in [-0.05, 0) is 51.7 Å². The van der Waals surface area contributed by atoms with Crippen LogP contribution in [0.1, 0.15) is 63.8 Å². The molecule has 0 saturated carbocycles. The van der Waals surface area contributed by atoms with Crippen LogP contribution in [-0.4, -0.2) is 52.6 Å². The van der Waals surface area contributed by atoms with E-state index in [1.54, 1.807) is 0 Å². The van der Waals surface area contributed by atoms with Gasteiger partial charge in [-0.3, -0.25) is 0 Å². The zero-order chi connectivity index (χ0) is 18.2. The van der Waals surface area contributed by atoms with Crippen LogP contribution in [0, 0.1) is 0 Å². The second-order valence-electron chi connectivity index (χ2n) is 7.10. The molecular weight excluding hydrogens is 484 g/mol. The number of rotatable bonds is 6. The van der Waals surface area contributed by atoms with E-state index in [-0.39, 0.29) is 55.8 Å². The molecule has 0 atom stereocenters. The molecule has 11 heteroatoms. The molecule has 2 fully saturated rings. The Kier molecular flexibility index (Phi) is 18.0. The molecule has 171 valence electrons. The number of halogens is 3. The summed E-state index contributed by atoms with van der Waals surface area (Å²) in [5, 5.41) is 13.4. The van der Waals surface area contributed by atoms with Crippen molar-refractivity contribution in [1.82, 2.24) is 26.1 Å². The fraction of sp³-hybridized carbons (Fsp3) is 0.632. The number of hydrogen-bond acceptors (Lipinski definition) is 7. The molecule has 7 nitrogen and oxygen atoms in total. The summed E-state index contributed by atoms with van der Waals surface area (Å²) in [4.78, 5) is 4.72. The van der Waals surface area contributed by atoms with Gasteiger partial charge in [-0.2, -0.15) is 10.2 Å². The first-order chi connectivity index (χ1) is 12.7. The molecule has 2 aliphatic heterocycles. The largest absolute Gasteiger partial charge is 1.00 e. The Balaban J connectivity index is 0. The molecule has 3 heterocycles. The van der Waals surface area contributed by atoms with Gasteiger partial charge in [0.15, 0.2) is 0 Å². The maximum Gasteiger partial charge on any atom is 0.0868 e.